The minimum atomic E-state index is -0.834. The molecule has 2 aliphatic rings. The highest BCUT2D eigenvalue weighted by molar-refractivity contribution is 5.95. The van der Waals surface area contributed by atoms with Gasteiger partial charge >= 0.3 is 0 Å². The number of halogens is 2. The number of nitrogens with zero attached hydrogens (tertiary/aromatic N) is 1. The molecule has 0 aromatic heterocycles. The fourth-order valence-corrected chi connectivity index (χ4v) is 3.15. The third-order valence-electron chi connectivity index (χ3n) is 4.29. The van der Waals surface area contributed by atoms with E-state index in [9.17, 15) is 18.4 Å². The maximum Gasteiger partial charge on any atom is 0.259 e. The molecule has 0 radical (unpaired) electrons. The van der Waals surface area contributed by atoms with Crippen LogP contribution in [-0.2, 0) is 4.79 Å². The standard InChI is InChI=1S/C15H16F2N2O2/c16-10-2-1-3-11(17)14(10)15(21)19-7-6-12-9(8-19)4-5-13(20)18-12/h1-3,9,12H,4-8H2,(H,18,20). The molecule has 112 valence electrons. The zero-order valence-corrected chi connectivity index (χ0v) is 11.4. The van der Waals surface area contributed by atoms with Crippen LogP contribution in [0.3, 0.4) is 0 Å². The molecule has 2 saturated heterocycles. The Bertz CT molecular complexity index is 571. The minimum Gasteiger partial charge on any atom is -0.353 e. The summed E-state index contributed by atoms with van der Waals surface area (Å²) in [5.74, 6) is -2.08. The van der Waals surface area contributed by atoms with Crippen molar-refractivity contribution >= 4 is 11.8 Å². The summed E-state index contributed by atoms with van der Waals surface area (Å²) in [6.45, 7) is 0.825. The van der Waals surface area contributed by atoms with E-state index in [1.165, 1.54) is 11.0 Å². The topological polar surface area (TPSA) is 49.4 Å². The fourth-order valence-electron chi connectivity index (χ4n) is 3.15. The molecule has 2 fully saturated rings. The molecule has 1 aromatic rings. The number of hydrogen-bond donors (Lipinski definition) is 1. The average Bonchev–Trinajstić information content (AvgIpc) is 2.46. The van der Waals surface area contributed by atoms with E-state index in [1.807, 2.05) is 0 Å². The van der Waals surface area contributed by atoms with E-state index in [0.29, 0.717) is 32.4 Å². The highest BCUT2D eigenvalue weighted by atomic mass is 19.1. The number of amides is 2. The molecular weight excluding hydrogens is 278 g/mol. The van der Waals surface area contributed by atoms with Crippen LogP contribution in [0.15, 0.2) is 18.2 Å². The van der Waals surface area contributed by atoms with E-state index in [4.69, 9.17) is 0 Å². The number of carbonyl (C=O) groups excluding carboxylic acids is 2. The van der Waals surface area contributed by atoms with Gasteiger partial charge in [-0.05, 0) is 30.9 Å². The van der Waals surface area contributed by atoms with Gasteiger partial charge in [-0.2, -0.15) is 0 Å². The van der Waals surface area contributed by atoms with Gasteiger partial charge in [0, 0.05) is 25.6 Å². The second-order valence-electron chi connectivity index (χ2n) is 5.61. The number of nitrogens with one attached hydrogen (secondary N) is 1. The molecule has 0 aliphatic carbocycles. The predicted molar refractivity (Wildman–Crippen MR) is 71.5 cm³/mol. The van der Waals surface area contributed by atoms with Gasteiger partial charge in [-0.25, -0.2) is 8.78 Å². The Morgan fingerprint density at radius 3 is 2.67 bits per heavy atom. The van der Waals surface area contributed by atoms with Crippen LogP contribution in [0.2, 0.25) is 0 Å². The lowest BCUT2D eigenvalue weighted by Crippen LogP contribution is -2.55. The fraction of sp³-hybridized carbons (Fsp3) is 0.467. The third kappa shape index (κ3) is 2.62. The van der Waals surface area contributed by atoms with Gasteiger partial charge in [0.15, 0.2) is 0 Å². The number of piperidine rings is 2. The maximum atomic E-state index is 13.7. The molecule has 2 atom stereocenters. The largest absolute Gasteiger partial charge is 0.353 e. The van der Waals surface area contributed by atoms with Gasteiger partial charge < -0.3 is 10.2 Å². The lowest BCUT2D eigenvalue weighted by atomic mass is 9.85. The van der Waals surface area contributed by atoms with Gasteiger partial charge in [0.2, 0.25) is 5.91 Å². The normalized spacial score (nSPS) is 25.2. The molecular formula is C15H16F2N2O2. The summed E-state index contributed by atoms with van der Waals surface area (Å²) in [4.78, 5) is 25.2. The van der Waals surface area contributed by atoms with Crippen molar-refractivity contribution in [1.29, 1.82) is 0 Å². The Morgan fingerprint density at radius 1 is 1.24 bits per heavy atom. The molecule has 2 aliphatic heterocycles. The first-order valence-electron chi connectivity index (χ1n) is 7.09. The first kappa shape index (κ1) is 14.0. The predicted octanol–water partition coefficient (Wildman–Crippen LogP) is 1.71. The van der Waals surface area contributed by atoms with Gasteiger partial charge in [0.05, 0.1) is 0 Å². The Morgan fingerprint density at radius 2 is 1.95 bits per heavy atom. The van der Waals surface area contributed by atoms with Crippen molar-refractivity contribution in [1.82, 2.24) is 10.2 Å². The molecule has 4 nitrogen and oxygen atoms in total. The molecule has 21 heavy (non-hydrogen) atoms. The van der Waals surface area contributed by atoms with Crippen molar-refractivity contribution in [2.75, 3.05) is 13.1 Å². The number of benzene rings is 1. The van der Waals surface area contributed by atoms with Crippen LogP contribution in [-0.4, -0.2) is 35.8 Å². The summed E-state index contributed by atoms with van der Waals surface area (Å²) in [5, 5.41) is 2.92. The zero-order valence-electron chi connectivity index (χ0n) is 11.4. The van der Waals surface area contributed by atoms with Crippen LogP contribution in [0.4, 0.5) is 8.78 Å². The van der Waals surface area contributed by atoms with Crippen LogP contribution in [0, 0.1) is 17.6 Å². The minimum absolute atomic E-state index is 0.0381. The summed E-state index contributed by atoms with van der Waals surface area (Å²) < 4.78 is 27.4. The van der Waals surface area contributed by atoms with Crippen LogP contribution < -0.4 is 5.32 Å². The summed E-state index contributed by atoms with van der Waals surface area (Å²) >= 11 is 0. The Labute approximate surface area is 121 Å². The number of carbonyl (C=O) groups is 2. The summed E-state index contributed by atoms with van der Waals surface area (Å²) in [6.07, 6.45) is 1.77. The quantitative estimate of drug-likeness (QED) is 0.857. The van der Waals surface area contributed by atoms with Gasteiger partial charge in [-0.3, -0.25) is 9.59 Å². The molecule has 1 N–H and O–H groups in total. The first-order valence-corrected chi connectivity index (χ1v) is 7.09. The summed E-state index contributed by atoms with van der Waals surface area (Å²) in [6, 6.07) is 3.48. The third-order valence-corrected chi connectivity index (χ3v) is 4.29. The molecule has 2 amide bonds. The number of hydrogen-bond acceptors (Lipinski definition) is 2. The van der Waals surface area contributed by atoms with Crippen molar-refractivity contribution in [3.63, 3.8) is 0 Å². The average molecular weight is 294 g/mol. The monoisotopic (exact) mass is 294 g/mol. The van der Waals surface area contributed by atoms with E-state index in [0.717, 1.165) is 12.1 Å². The number of rotatable bonds is 1. The van der Waals surface area contributed by atoms with E-state index in [-0.39, 0.29) is 17.9 Å². The molecule has 6 heteroatoms. The van der Waals surface area contributed by atoms with Crippen LogP contribution in [0.1, 0.15) is 29.6 Å². The van der Waals surface area contributed by atoms with Gasteiger partial charge in [-0.15, -0.1) is 0 Å². The summed E-state index contributed by atoms with van der Waals surface area (Å²) in [5.41, 5.74) is -0.490. The Hall–Kier alpha value is -1.98. The van der Waals surface area contributed by atoms with Crippen LogP contribution >= 0.6 is 0 Å². The Balaban J connectivity index is 1.76. The van der Waals surface area contributed by atoms with E-state index < -0.39 is 23.1 Å². The van der Waals surface area contributed by atoms with Crippen molar-refractivity contribution in [3.8, 4) is 0 Å². The highest BCUT2D eigenvalue weighted by Crippen LogP contribution is 2.27. The van der Waals surface area contributed by atoms with Gasteiger partial charge in [-0.1, -0.05) is 6.07 Å². The summed E-state index contributed by atoms with van der Waals surface area (Å²) in [7, 11) is 0. The second-order valence-corrected chi connectivity index (χ2v) is 5.61. The van der Waals surface area contributed by atoms with E-state index in [1.54, 1.807) is 0 Å². The Kier molecular flexibility index (Phi) is 3.61. The smallest absolute Gasteiger partial charge is 0.259 e. The number of likely N-dealkylation sites (tertiary alicyclic amines) is 1. The van der Waals surface area contributed by atoms with Gasteiger partial charge in [0.25, 0.3) is 5.91 Å². The van der Waals surface area contributed by atoms with Gasteiger partial charge in [0.1, 0.15) is 17.2 Å². The second kappa shape index (κ2) is 5.42. The molecule has 0 saturated carbocycles. The van der Waals surface area contributed by atoms with E-state index in [2.05, 4.69) is 5.32 Å². The van der Waals surface area contributed by atoms with Crippen molar-refractivity contribution in [2.45, 2.75) is 25.3 Å². The van der Waals surface area contributed by atoms with E-state index >= 15 is 0 Å². The first-order chi connectivity index (χ1) is 10.1. The van der Waals surface area contributed by atoms with Crippen molar-refractivity contribution < 1.29 is 18.4 Å². The zero-order chi connectivity index (χ0) is 15.0. The SMILES string of the molecule is O=C1CCC2CN(C(=O)c3c(F)cccc3F)CCC2N1. The molecule has 1 aromatic carbocycles. The van der Waals surface area contributed by atoms with Crippen LogP contribution in [0.25, 0.3) is 0 Å². The van der Waals surface area contributed by atoms with Crippen LogP contribution in [0.5, 0.6) is 0 Å². The lowest BCUT2D eigenvalue weighted by molar-refractivity contribution is -0.125. The molecule has 0 bridgehead atoms. The van der Waals surface area contributed by atoms with Crippen molar-refractivity contribution in [2.24, 2.45) is 5.92 Å². The number of fused-ring (bicyclic) bond motifs is 1. The molecule has 3 rings (SSSR count). The molecule has 2 unspecified atom stereocenters. The lowest BCUT2D eigenvalue weighted by Gasteiger charge is -2.41. The molecule has 2 heterocycles. The maximum absolute atomic E-state index is 13.7. The highest BCUT2D eigenvalue weighted by Gasteiger charge is 2.36. The molecule has 0 spiro atoms. The van der Waals surface area contributed by atoms with Crippen molar-refractivity contribution in [3.05, 3.63) is 35.4 Å².